The van der Waals surface area contributed by atoms with Gasteiger partial charge >= 0.3 is 12.0 Å². The van der Waals surface area contributed by atoms with Crippen molar-refractivity contribution >= 4 is 23.7 Å². The molecule has 0 bridgehead atoms. The van der Waals surface area contributed by atoms with Gasteiger partial charge in [0.1, 0.15) is 12.4 Å². The van der Waals surface area contributed by atoms with E-state index in [0.717, 1.165) is 5.56 Å². The van der Waals surface area contributed by atoms with Crippen molar-refractivity contribution in [3.8, 4) is 0 Å². The van der Waals surface area contributed by atoms with Crippen LogP contribution in [0.1, 0.15) is 15.9 Å². The lowest BCUT2D eigenvalue weighted by atomic mass is 10.2. The monoisotopic (exact) mass is 369 g/mol. The van der Waals surface area contributed by atoms with Crippen LogP contribution >= 0.6 is 0 Å². The van der Waals surface area contributed by atoms with Crippen LogP contribution in [-0.4, -0.2) is 59.5 Å². The van der Waals surface area contributed by atoms with Gasteiger partial charge in [-0.25, -0.2) is 9.78 Å². The maximum absolute atomic E-state index is 12.4. The first-order valence-electron chi connectivity index (χ1n) is 8.35. The molecule has 9 heteroatoms. The molecule has 0 atom stereocenters. The summed E-state index contributed by atoms with van der Waals surface area (Å²) in [6.45, 7) is 1.10. The fraction of sp³-hybridized carbons (Fsp3) is 0.278. The molecule has 3 heterocycles. The van der Waals surface area contributed by atoms with Gasteiger partial charge < -0.3 is 15.0 Å². The van der Waals surface area contributed by atoms with E-state index in [1.807, 2.05) is 0 Å². The Balaban J connectivity index is 1.57. The minimum atomic E-state index is -0.460. The predicted molar refractivity (Wildman–Crippen MR) is 96.0 cm³/mol. The van der Waals surface area contributed by atoms with Gasteiger partial charge in [0.2, 0.25) is 0 Å². The molecule has 3 rings (SSSR count). The number of aromatic nitrogens is 2. The second-order valence-electron chi connectivity index (χ2n) is 5.88. The van der Waals surface area contributed by atoms with Crippen LogP contribution in [0.3, 0.4) is 0 Å². The molecule has 140 valence electrons. The number of esters is 1. The zero-order valence-corrected chi connectivity index (χ0v) is 14.8. The molecule has 1 fully saturated rings. The van der Waals surface area contributed by atoms with Crippen LogP contribution in [0.2, 0.25) is 0 Å². The Morgan fingerprint density at radius 3 is 2.74 bits per heavy atom. The largest absolute Gasteiger partial charge is 0.468 e. The minimum Gasteiger partial charge on any atom is -0.468 e. The third kappa shape index (κ3) is 4.38. The molecule has 0 saturated carbocycles. The van der Waals surface area contributed by atoms with Gasteiger partial charge in [-0.3, -0.25) is 19.5 Å². The Kier molecular flexibility index (Phi) is 5.60. The van der Waals surface area contributed by atoms with Crippen LogP contribution in [0.5, 0.6) is 0 Å². The van der Waals surface area contributed by atoms with Crippen molar-refractivity contribution in [3.05, 3.63) is 54.0 Å². The van der Waals surface area contributed by atoms with Crippen LogP contribution in [-0.2, 0) is 16.1 Å². The average Bonchev–Trinajstić information content (AvgIpc) is 3.07. The Morgan fingerprint density at radius 2 is 2.07 bits per heavy atom. The van der Waals surface area contributed by atoms with Crippen LogP contribution in [0.4, 0.5) is 10.6 Å². The molecular weight excluding hydrogens is 350 g/mol. The Labute approximate surface area is 156 Å². The molecule has 1 N–H and O–H groups in total. The molecule has 9 nitrogen and oxygen atoms in total. The highest BCUT2D eigenvalue weighted by Gasteiger charge is 2.31. The SMILES string of the molecule is COC(=O)CN1CCN(c2ccc(CNC(=O)c3cccnc3)cn2)C1=O. The molecule has 0 radical (unpaired) electrons. The highest BCUT2D eigenvalue weighted by molar-refractivity contribution is 5.95. The normalized spacial score (nSPS) is 13.6. The number of carbonyl (C=O) groups excluding carboxylic acids is 3. The van der Waals surface area contributed by atoms with Gasteiger partial charge in [-0.1, -0.05) is 6.07 Å². The molecule has 0 aliphatic carbocycles. The van der Waals surface area contributed by atoms with Gasteiger partial charge in [-0.15, -0.1) is 0 Å². The summed E-state index contributed by atoms with van der Waals surface area (Å²) in [5.74, 6) is -0.187. The maximum Gasteiger partial charge on any atom is 0.326 e. The quantitative estimate of drug-likeness (QED) is 0.756. The number of nitrogens with one attached hydrogen (secondary N) is 1. The van der Waals surface area contributed by atoms with Crippen LogP contribution in [0, 0.1) is 0 Å². The molecule has 1 aliphatic rings. The second kappa shape index (κ2) is 8.26. The van der Waals surface area contributed by atoms with Crippen molar-refractivity contribution < 1.29 is 19.1 Å². The smallest absolute Gasteiger partial charge is 0.326 e. The van der Waals surface area contributed by atoms with Crippen LogP contribution in [0.25, 0.3) is 0 Å². The van der Waals surface area contributed by atoms with Crippen molar-refractivity contribution in [2.45, 2.75) is 6.54 Å². The summed E-state index contributed by atoms with van der Waals surface area (Å²) >= 11 is 0. The molecular formula is C18H19N5O4. The van der Waals surface area contributed by atoms with Gasteiger partial charge in [0.25, 0.3) is 5.91 Å². The zero-order chi connectivity index (χ0) is 19.2. The van der Waals surface area contributed by atoms with Crippen LogP contribution in [0.15, 0.2) is 42.9 Å². The fourth-order valence-electron chi connectivity index (χ4n) is 2.62. The lowest BCUT2D eigenvalue weighted by Gasteiger charge is -2.17. The second-order valence-corrected chi connectivity index (χ2v) is 5.88. The summed E-state index contributed by atoms with van der Waals surface area (Å²) < 4.78 is 4.59. The van der Waals surface area contributed by atoms with Crippen molar-refractivity contribution in [1.82, 2.24) is 20.2 Å². The highest BCUT2D eigenvalue weighted by atomic mass is 16.5. The van der Waals surface area contributed by atoms with E-state index in [2.05, 4.69) is 20.0 Å². The molecule has 0 aromatic carbocycles. The maximum atomic E-state index is 12.4. The standard InChI is InChI=1S/C18H19N5O4/c1-27-16(24)12-22-7-8-23(18(22)26)15-5-4-13(9-20-15)10-21-17(25)14-3-2-6-19-11-14/h2-6,9,11H,7-8,10,12H2,1H3,(H,21,25). The van der Waals surface area contributed by atoms with E-state index in [1.54, 1.807) is 36.7 Å². The molecule has 27 heavy (non-hydrogen) atoms. The van der Waals surface area contributed by atoms with E-state index in [0.29, 0.717) is 31.0 Å². The van der Waals surface area contributed by atoms with Gasteiger partial charge in [0, 0.05) is 38.2 Å². The molecule has 0 unspecified atom stereocenters. The first-order chi connectivity index (χ1) is 13.1. The van der Waals surface area contributed by atoms with Crippen molar-refractivity contribution in [2.24, 2.45) is 0 Å². The van der Waals surface area contributed by atoms with E-state index >= 15 is 0 Å². The number of urea groups is 1. The molecule has 1 aliphatic heterocycles. The number of methoxy groups -OCH3 is 1. The van der Waals surface area contributed by atoms with E-state index in [1.165, 1.54) is 23.1 Å². The number of pyridine rings is 2. The summed E-state index contributed by atoms with van der Waals surface area (Å²) in [4.78, 5) is 46.8. The van der Waals surface area contributed by atoms with Crippen molar-refractivity contribution in [1.29, 1.82) is 0 Å². The predicted octanol–water partition coefficient (Wildman–Crippen LogP) is 0.822. The van der Waals surface area contributed by atoms with Gasteiger partial charge in [0.05, 0.1) is 12.7 Å². The Morgan fingerprint density at radius 1 is 1.22 bits per heavy atom. The van der Waals surface area contributed by atoms with Gasteiger partial charge in [-0.2, -0.15) is 0 Å². The zero-order valence-electron chi connectivity index (χ0n) is 14.8. The number of nitrogens with zero attached hydrogens (tertiary/aromatic N) is 4. The summed E-state index contributed by atoms with van der Waals surface area (Å²) in [5, 5.41) is 2.79. The minimum absolute atomic E-state index is 0.0791. The average molecular weight is 369 g/mol. The van der Waals surface area contributed by atoms with E-state index < -0.39 is 5.97 Å². The highest BCUT2D eigenvalue weighted by Crippen LogP contribution is 2.18. The number of rotatable bonds is 6. The van der Waals surface area contributed by atoms with Gasteiger partial charge in [0.15, 0.2) is 0 Å². The number of amides is 3. The summed E-state index contributed by atoms with van der Waals surface area (Å²) in [6.07, 6.45) is 4.70. The Hall–Kier alpha value is -3.49. The number of hydrogen-bond donors (Lipinski definition) is 1. The first kappa shape index (κ1) is 18.3. The summed E-state index contributed by atoms with van der Waals surface area (Å²) in [5.41, 5.74) is 1.28. The van der Waals surface area contributed by atoms with E-state index in [9.17, 15) is 14.4 Å². The molecule has 3 amide bonds. The molecule has 1 saturated heterocycles. The summed E-state index contributed by atoms with van der Waals surface area (Å²) in [6, 6.07) is 6.60. The van der Waals surface area contributed by atoms with Crippen molar-refractivity contribution in [2.75, 3.05) is 31.6 Å². The number of anilines is 1. The van der Waals surface area contributed by atoms with Crippen LogP contribution < -0.4 is 10.2 Å². The van der Waals surface area contributed by atoms with E-state index in [-0.39, 0.29) is 18.5 Å². The molecule has 2 aromatic rings. The molecule has 2 aromatic heterocycles. The van der Waals surface area contributed by atoms with Crippen molar-refractivity contribution in [3.63, 3.8) is 0 Å². The third-order valence-electron chi connectivity index (χ3n) is 4.11. The lowest BCUT2D eigenvalue weighted by Crippen LogP contribution is -2.36. The first-order valence-corrected chi connectivity index (χ1v) is 8.35. The number of carbonyl (C=O) groups is 3. The molecule has 0 spiro atoms. The topological polar surface area (TPSA) is 105 Å². The third-order valence-corrected chi connectivity index (χ3v) is 4.11. The summed E-state index contributed by atoms with van der Waals surface area (Å²) in [7, 11) is 1.29. The fourth-order valence-corrected chi connectivity index (χ4v) is 2.62. The van der Waals surface area contributed by atoms with E-state index in [4.69, 9.17) is 0 Å². The number of hydrogen-bond acceptors (Lipinski definition) is 6. The lowest BCUT2D eigenvalue weighted by molar-refractivity contribution is -0.141. The number of ether oxygens (including phenoxy) is 1. The van der Waals surface area contributed by atoms with Gasteiger partial charge in [-0.05, 0) is 23.8 Å². The Bertz CT molecular complexity index is 825.